The number of carbonyl (C=O) groups excluding carboxylic acids is 3. The van der Waals surface area contributed by atoms with Crippen molar-refractivity contribution in [2.24, 2.45) is 12.5 Å². The van der Waals surface area contributed by atoms with Gasteiger partial charge in [0.15, 0.2) is 12.4 Å². The van der Waals surface area contributed by atoms with Crippen molar-refractivity contribution in [2.75, 3.05) is 11.9 Å². The molecule has 29 heavy (non-hydrogen) atoms. The first-order valence-corrected chi connectivity index (χ1v) is 9.35. The minimum Gasteiger partial charge on any atom is -0.454 e. The van der Waals surface area contributed by atoms with Crippen LogP contribution in [0.3, 0.4) is 0 Å². The molecule has 0 saturated heterocycles. The molecule has 1 aromatic heterocycles. The maximum absolute atomic E-state index is 12.2. The van der Waals surface area contributed by atoms with Gasteiger partial charge in [0.2, 0.25) is 5.91 Å². The van der Waals surface area contributed by atoms with E-state index in [9.17, 15) is 14.4 Å². The molecule has 1 amide bonds. The molecule has 0 bridgehead atoms. The fourth-order valence-corrected chi connectivity index (χ4v) is 2.55. The molecular formula is C21H24ClN3O4. The molecule has 0 fully saturated rings. The van der Waals surface area contributed by atoms with E-state index in [1.165, 1.54) is 16.8 Å². The van der Waals surface area contributed by atoms with Crippen molar-refractivity contribution < 1.29 is 19.1 Å². The fourth-order valence-electron chi connectivity index (χ4n) is 2.31. The molecule has 1 aromatic carbocycles. The molecule has 7 nitrogen and oxygen atoms in total. The number of Topliss-reactive ketones (excluding diaryl/α,β-unsaturated/α-hetero) is 1. The Morgan fingerprint density at radius 2 is 1.83 bits per heavy atom. The van der Waals surface area contributed by atoms with Crippen LogP contribution >= 0.6 is 11.6 Å². The normalized spacial score (nSPS) is 11.5. The number of amides is 1. The van der Waals surface area contributed by atoms with Crippen molar-refractivity contribution in [3.05, 3.63) is 52.3 Å². The van der Waals surface area contributed by atoms with Crippen LogP contribution in [0.5, 0.6) is 0 Å². The van der Waals surface area contributed by atoms with E-state index in [0.29, 0.717) is 27.7 Å². The number of anilines is 1. The van der Waals surface area contributed by atoms with Crippen LogP contribution in [0.2, 0.25) is 5.15 Å². The Morgan fingerprint density at radius 3 is 2.34 bits per heavy atom. The molecule has 2 aromatic rings. The lowest BCUT2D eigenvalue weighted by molar-refractivity contribution is -0.136. The summed E-state index contributed by atoms with van der Waals surface area (Å²) in [6, 6.07) is 6.41. The van der Waals surface area contributed by atoms with Gasteiger partial charge in [-0.2, -0.15) is 5.10 Å². The van der Waals surface area contributed by atoms with Crippen LogP contribution in [0.25, 0.3) is 6.08 Å². The second kappa shape index (κ2) is 9.05. The van der Waals surface area contributed by atoms with E-state index in [0.717, 1.165) is 0 Å². The minimum atomic E-state index is -0.660. The summed E-state index contributed by atoms with van der Waals surface area (Å²) >= 11 is 6.09. The maximum Gasteiger partial charge on any atom is 0.331 e. The molecule has 0 atom stereocenters. The van der Waals surface area contributed by atoms with Crippen molar-refractivity contribution >= 4 is 41.0 Å². The average Bonchev–Trinajstić information content (AvgIpc) is 2.89. The Balaban J connectivity index is 1.91. The summed E-state index contributed by atoms with van der Waals surface area (Å²) in [7, 11) is 1.70. The van der Waals surface area contributed by atoms with Gasteiger partial charge in [-0.05, 0) is 37.3 Å². The zero-order valence-electron chi connectivity index (χ0n) is 17.1. The van der Waals surface area contributed by atoms with Crippen molar-refractivity contribution in [3.63, 3.8) is 0 Å². The van der Waals surface area contributed by atoms with Crippen LogP contribution in [0.1, 0.15) is 42.4 Å². The summed E-state index contributed by atoms with van der Waals surface area (Å²) in [6.45, 7) is 6.82. The maximum atomic E-state index is 12.2. The van der Waals surface area contributed by atoms with Crippen molar-refractivity contribution in [2.45, 2.75) is 27.7 Å². The third-order valence-corrected chi connectivity index (χ3v) is 4.52. The van der Waals surface area contributed by atoms with Crippen LogP contribution < -0.4 is 5.32 Å². The molecule has 0 unspecified atom stereocenters. The van der Waals surface area contributed by atoms with Gasteiger partial charge < -0.3 is 10.1 Å². The Hall–Kier alpha value is -2.93. The summed E-state index contributed by atoms with van der Waals surface area (Å²) in [6.07, 6.45) is 2.71. The van der Waals surface area contributed by atoms with Gasteiger partial charge in [-0.25, -0.2) is 4.79 Å². The highest BCUT2D eigenvalue weighted by Gasteiger charge is 2.21. The van der Waals surface area contributed by atoms with E-state index >= 15 is 0 Å². The molecule has 0 aliphatic heterocycles. The van der Waals surface area contributed by atoms with Crippen molar-refractivity contribution in [3.8, 4) is 0 Å². The lowest BCUT2D eigenvalue weighted by Crippen LogP contribution is -2.27. The second-order valence-corrected chi connectivity index (χ2v) is 7.92. The molecule has 0 saturated carbocycles. The fraction of sp³-hybridized carbons (Fsp3) is 0.333. The molecule has 8 heteroatoms. The van der Waals surface area contributed by atoms with Gasteiger partial charge >= 0.3 is 5.97 Å². The predicted octanol–water partition coefficient (Wildman–Crippen LogP) is 3.81. The Labute approximate surface area is 174 Å². The zero-order chi connectivity index (χ0) is 21.8. The van der Waals surface area contributed by atoms with Gasteiger partial charge in [0.25, 0.3) is 0 Å². The van der Waals surface area contributed by atoms with Crippen molar-refractivity contribution in [1.82, 2.24) is 9.78 Å². The van der Waals surface area contributed by atoms with Gasteiger partial charge in [0.1, 0.15) is 5.15 Å². The van der Waals surface area contributed by atoms with E-state index in [1.807, 2.05) is 20.8 Å². The zero-order valence-corrected chi connectivity index (χ0v) is 17.8. The first-order chi connectivity index (χ1) is 13.5. The molecule has 0 aliphatic rings. The smallest absolute Gasteiger partial charge is 0.331 e. The monoisotopic (exact) mass is 417 g/mol. The molecule has 1 N–H and O–H groups in total. The largest absolute Gasteiger partial charge is 0.454 e. The van der Waals surface area contributed by atoms with E-state index in [2.05, 4.69) is 10.4 Å². The number of benzene rings is 1. The topological polar surface area (TPSA) is 90.3 Å². The predicted molar refractivity (Wildman–Crippen MR) is 112 cm³/mol. The number of hydrogen-bond donors (Lipinski definition) is 1. The number of rotatable bonds is 6. The van der Waals surface area contributed by atoms with Gasteiger partial charge in [0, 0.05) is 35.4 Å². The summed E-state index contributed by atoms with van der Waals surface area (Å²) in [5.74, 6) is -1.14. The van der Waals surface area contributed by atoms with Crippen LogP contribution in [0.15, 0.2) is 30.3 Å². The highest BCUT2D eigenvalue weighted by atomic mass is 35.5. The number of halogens is 1. The number of nitrogens with zero attached hydrogens (tertiary/aromatic N) is 2. The highest BCUT2D eigenvalue weighted by molar-refractivity contribution is 6.31. The molecule has 154 valence electrons. The Kier molecular flexibility index (Phi) is 6.97. The van der Waals surface area contributed by atoms with E-state index < -0.39 is 18.0 Å². The Morgan fingerprint density at radius 1 is 1.21 bits per heavy atom. The van der Waals surface area contributed by atoms with Crippen LogP contribution in [-0.2, 0) is 21.4 Å². The SMILES string of the molecule is Cc1nn(C)c(Cl)c1/C=C/C(=O)OCC(=O)c1ccc(NC(=O)C(C)(C)C)cc1. The lowest BCUT2D eigenvalue weighted by Gasteiger charge is -2.17. The molecular weight excluding hydrogens is 394 g/mol. The van der Waals surface area contributed by atoms with Gasteiger partial charge in [-0.15, -0.1) is 0 Å². The first-order valence-electron chi connectivity index (χ1n) is 8.97. The van der Waals surface area contributed by atoms with Crippen LogP contribution in [0.4, 0.5) is 5.69 Å². The number of aryl methyl sites for hydroxylation is 2. The minimum absolute atomic E-state index is 0.124. The quantitative estimate of drug-likeness (QED) is 0.438. The molecule has 0 radical (unpaired) electrons. The standard InChI is InChI=1S/C21H24ClN3O4/c1-13-16(19(22)25(5)24-13)10-11-18(27)29-12-17(26)14-6-8-15(9-7-14)23-20(28)21(2,3)4/h6-11H,12H2,1-5H3,(H,23,28)/b11-10+. The second-order valence-electron chi connectivity index (χ2n) is 7.56. The summed E-state index contributed by atoms with van der Waals surface area (Å²) < 4.78 is 6.49. The number of aromatic nitrogens is 2. The molecule has 1 heterocycles. The number of ether oxygens (including phenoxy) is 1. The summed E-state index contributed by atoms with van der Waals surface area (Å²) in [5, 5.41) is 7.32. The van der Waals surface area contributed by atoms with Gasteiger partial charge in [-0.3, -0.25) is 14.3 Å². The molecule has 0 aliphatic carbocycles. The van der Waals surface area contributed by atoms with Crippen LogP contribution in [0, 0.1) is 12.3 Å². The van der Waals surface area contributed by atoms with Gasteiger partial charge in [0.05, 0.1) is 5.69 Å². The van der Waals surface area contributed by atoms with Crippen molar-refractivity contribution in [1.29, 1.82) is 0 Å². The summed E-state index contributed by atoms with van der Waals surface area (Å²) in [4.78, 5) is 36.1. The first kappa shape index (κ1) is 22.4. The van der Waals surface area contributed by atoms with Crippen LogP contribution in [-0.4, -0.2) is 34.0 Å². The number of ketones is 1. The lowest BCUT2D eigenvalue weighted by atomic mass is 9.95. The van der Waals surface area contributed by atoms with E-state index in [4.69, 9.17) is 16.3 Å². The van der Waals surface area contributed by atoms with E-state index in [1.54, 1.807) is 38.2 Å². The van der Waals surface area contributed by atoms with E-state index in [-0.39, 0.29) is 11.7 Å². The van der Waals surface area contributed by atoms with Gasteiger partial charge in [-0.1, -0.05) is 32.4 Å². The average molecular weight is 418 g/mol. The third kappa shape index (κ3) is 6.02. The molecule has 0 spiro atoms. The number of hydrogen-bond acceptors (Lipinski definition) is 5. The highest BCUT2D eigenvalue weighted by Crippen LogP contribution is 2.20. The third-order valence-electron chi connectivity index (χ3n) is 4.07. The number of nitrogens with one attached hydrogen (secondary N) is 1. The number of carbonyl (C=O) groups is 3. The number of esters is 1. The Bertz CT molecular complexity index is 954. The molecule has 2 rings (SSSR count). The summed E-state index contributed by atoms with van der Waals surface area (Å²) in [5.41, 5.74) is 1.74.